The van der Waals surface area contributed by atoms with Gasteiger partial charge in [-0.05, 0) is 0 Å². The van der Waals surface area contributed by atoms with Crippen LogP contribution in [0.2, 0.25) is 0 Å². The Bertz CT molecular complexity index is 243. The summed E-state index contributed by atoms with van der Waals surface area (Å²) in [6, 6.07) is 0. The van der Waals surface area contributed by atoms with Crippen molar-refractivity contribution in [1.29, 1.82) is 0 Å². The van der Waals surface area contributed by atoms with E-state index in [4.69, 9.17) is 5.21 Å². The van der Waals surface area contributed by atoms with E-state index in [1.807, 2.05) is 0 Å². The summed E-state index contributed by atoms with van der Waals surface area (Å²) in [4.78, 5) is 10.6. The molecule has 0 aromatic carbocycles. The van der Waals surface area contributed by atoms with Crippen molar-refractivity contribution in [3.05, 3.63) is 18.0 Å². The average Bonchev–Trinajstić information content (AvgIpc) is 2.34. The SMILES string of the molecule is Cn1cc(C(=O)NO)cn1. The summed E-state index contributed by atoms with van der Waals surface area (Å²) in [5, 5.41) is 11.9. The standard InChI is InChI=1S/C5H7N3O2/c1-8-3-4(2-6-8)5(9)7-10/h2-3,10H,1H3,(H,7,9). The minimum atomic E-state index is -0.548. The number of aryl methyl sites for hydroxylation is 1. The highest BCUT2D eigenvalue weighted by Crippen LogP contribution is 1.93. The van der Waals surface area contributed by atoms with Crippen LogP contribution in [-0.2, 0) is 7.05 Å². The van der Waals surface area contributed by atoms with E-state index in [-0.39, 0.29) is 0 Å². The number of hydrogen-bond acceptors (Lipinski definition) is 3. The smallest absolute Gasteiger partial charge is 0.277 e. The van der Waals surface area contributed by atoms with Crippen molar-refractivity contribution < 1.29 is 10.0 Å². The normalized spacial score (nSPS) is 9.40. The Labute approximate surface area is 57.2 Å². The summed E-state index contributed by atoms with van der Waals surface area (Å²) in [6.45, 7) is 0. The van der Waals surface area contributed by atoms with Gasteiger partial charge in [0.2, 0.25) is 0 Å². The Morgan fingerprint density at radius 1 is 1.90 bits per heavy atom. The van der Waals surface area contributed by atoms with Crippen LogP contribution in [0.3, 0.4) is 0 Å². The van der Waals surface area contributed by atoms with E-state index in [2.05, 4.69) is 5.10 Å². The van der Waals surface area contributed by atoms with Crippen LogP contribution in [0, 0.1) is 0 Å². The molecule has 0 saturated heterocycles. The first-order valence-electron chi connectivity index (χ1n) is 2.67. The quantitative estimate of drug-likeness (QED) is 0.410. The summed E-state index contributed by atoms with van der Waals surface area (Å²) in [5.41, 5.74) is 1.84. The molecule has 5 nitrogen and oxygen atoms in total. The number of hydrogen-bond donors (Lipinski definition) is 2. The van der Waals surface area contributed by atoms with E-state index in [1.165, 1.54) is 22.6 Å². The third-order valence-corrected chi connectivity index (χ3v) is 1.07. The molecule has 1 amide bonds. The Morgan fingerprint density at radius 2 is 2.60 bits per heavy atom. The zero-order chi connectivity index (χ0) is 7.56. The average molecular weight is 141 g/mol. The number of carbonyl (C=O) groups excluding carboxylic acids is 1. The maximum absolute atomic E-state index is 10.6. The first-order chi connectivity index (χ1) is 4.74. The lowest BCUT2D eigenvalue weighted by Gasteiger charge is -1.89. The molecular weight excluding hydrogens is 134 g/mol. The second kappa shape index (κ2) is 2.49. The fourth-order valence-electron chi connectivity index (χ4n) is 0.603. The molecule has 1 rings (SSSR count). The van der Waals surface area contributed by atoms with Crippen LogP contribution in [0.1, 0.15) is 10.4 Å². The topological polar surface area (TPSA) is 67.2 Å². The molecule has 0 aliphatic rings. The number of hydroxylamine groups is 1. The molecule has 0 unspecified atom stereocenters. The predicted octanol–water partition coefficient (Wildman–Crippen LogP) is -0.461. The molecule has 10 heavy (non-hydrogen) atoms. The lowest BCUT2D eigenvalue weighted by atomic mass is 10.3. The van der Waals surface area contributed by atoms with Crippen molar-refractivity contribution in [1.82, 2.24) is 15.3 Å². The maximum atomic E-state index is 10.6. The molecule has 0 radical (unpaired) electrons. The Balaban J connectivity index is 2.85. The van der Waals surface area contributed by atoms with Gasteiger partial charge in [0.1, 0.15) is 0 Å². The van der Waals surface area contributed by atoms with Crippen molar-refractivity contribution in [2.24, 2.45) is 7.05 Å². The predicted molar refractivity (Wildman–Crippen MR) is 32.5 cm³/mol. The van der Waals surface area contributed by atoms with Gasteiger partial charge in [0.25, 0.3) is 5.91 Å². The van der Waals surface area contributed by atoms with Crippen molar-refractivity contribution in [3.63, 3.8) is 0 Å². The van der Waals surface area contributed by atoms with Gasteiger partial charge in [0.15, 0.2) is 0 Å². The van der Waals surface area contributed by atoms with E-state index in [0.717, 1.165) is 0 Å². The number of carbonyl (C=O) groups is 1. The second-order valence-electron chi connectivity index (χ2n) is 1.84. The minimum Gasteiger partial charge on any atom is -0.288 e. The highest BCUT2D eigenvalue weighted by molar-refractivity contribution is 5.92. The molecule has 1 aromatic rings. The molecule has 1 heterocycles. The van der Waals surface area contributed by atoms with Crippen LogP contribution in [-0.4, -0.2) is 20.9 Å². The van der Waals surface area contributed by atoms with Crippen LogP contribution >= 0.6 is 0 Å². The molecule has 2 N–H and O–H groups in total. The molecule has 0 aliphatic carbocycles. The number of rotatable bonds is 1. The Morgan fingerprint density at radius 3 is 3.00 bits per heavy atom. The molecule has 0 fully saturated rings. The van der Waals surface area contributed by atoms with E-state index in [9.17, 15) is 4.79 Å². The lowest BCUT2D eigenvalue weighted by Crippen LogP contribution is -2.17. The third-order valence-electron chi connectivity index (χ3n) is 1.07. The van der Waals surface area contributed by atoms with Gasteiger partial charge < -0.3 is 0 Å². The van der Waals surface area contributed by atoms with Gasteiger partial charge in [-0.1, -0.05) is 0 Å². The number of nitrogens with zero attached hydrogens (tertiary/aromatic N) is 2. The van der Waals surface area contributed by atoms with Gasteiger partial charge in [-0.2, -0.15) is 5.10 Å². The van der Waals surface area contributed by atoms with E-state index < -0.39 is 5.91 Å². The first kappa shape index (κ1) is 6.76. The van der Waals surface area contributed by atoms with E-state index >= 15 is 0 Å². The molecule has 0 aliphatic heterocycles. The molecular formula is C5H7N3O2. The zero-order valence-corrected chi connectivity index (χ0v) is 5.40. The number of amides is 1. The summed E-state index contributed by atoms with van der Waals surface area (Å²) < 4.78 is 1.48. The fourth-order valence-corrected chi connectivity index (χ4v) is 0.603. The van der Waals surface area contributed by atoms with Crippen LogP contribution in [0.5, 0.6) is 0 Å². The monoisotopic (exact) mass is 141 g/mol. The van der Waals surface area contributed by atoms with E-state index in [0.29, 0.717) is 5.56 Å². The third kappa shape index (κ3) is 1.14. The van der Waals surface area contributed by atoms with Gasteiger partial charge in [0, 0.05) is 13.2 Å². The first-order valence-corrected chi connectivity index (χ1v) is 2.67. The summed E-state index contributed by atoms with van der Waals surface area (Å²) in [6.07, 6.45) is 2.87. The Kier molecular flexibility index (Phi) is 1.68. The fraction of sp³-hybridized carbons (Fsp3) is 0.200. The number of aromatic nitrogens is 2. The number of nitrogens with one attached hydrogen (secondary N) is 1. The van der Waals surface area contributed by atoms with Gasteiger partial charge in [0.05, 0.1) is 11.8 Å². The lowest BCUT2D eigenvalue weighted by molar-refractivity contribution is 0.0706. The van der Waals surface area contributed by atoms with Crippen molar-refractivity contribution in [3.8, 4) is 0 Å². The van der Waals surface area contributed by atoms with Gasteiger partial charge in [-0.25, -0.2) is 5.48 Å². The van der Waals surface area contributed by atoms with Crippen LogP contribution < -0.4 is 5.48 Å². The van der Waals surface area contributed by atoms with Crippen LogP contribution in [0.15, 0.2) is 12.4 Å². The second-order valence-corrected chi connectivity index (χ2v) is 1.84. The highest BCUT2D eigenvalue weighted by Gasteiger charge is 2.04. The van der Waals surface area contributed by atoms with Crippen LogP contribution in [0.4, 0.5) is 0 Å². The van der Waals surface area contributed by atoms with Crippen molar-refractivity contribution in [2.45, 2.75) is 0 Å². The molecule has 1 aromatic heterocycles. The zero-order valence-electron chi connectivity index (χ0n) is 5.40. The van der Waals surface area contributed by atoms with Gasteiger partial charge in [-0.15, -0.1) is 0 Å². The summed E-state index contributed by atoms with van der Waals surface area (Å²) in [7, 11) is 1.69. The highest BCUT2D eigenvalue weighted by atomic mass is 16.5. The van der Waals surface area contributed by atoms with E-state index in [1.54, 1.807) is 7.05 Å². The maximum Gasteiger partial charge on any atom is 0.277 e. The summed E-state index contributed by atoms with van der Waals surface area (Å²) in [5.74, 6) is -0.548. The molecule has 0 atom stereocenters. The molecule has 0 bridgehead atoms. The van der Waals surface area contributed by atoms with Gasteiger partial charge >= 0.3 is 0 Å². The Hall–Kier alpha value is -1.36. The minimum absolute atomic E-state index is 0.338. The van der Waals surface area contributed by atoms with Crippen molar-refractivity contribution in [2.75, 3.05) is 0 Å². The largest absolute Gasteiger partial charge is 0.288 e. The summed E-state index contributed by atoms with van der Waals surface area (Å²) >= 11 is 0. The molecule has 54 valence electrons. The molecule has 5 heteroatoms. The molecule has 0 saturated carbocycles. The van der Waals surface area contributed by atoms with Crippen LogP contribution in [0.25, 0.3) is 0 Å². The van der Waals surface area contributed by atoms with Gasteiger partial charge in [-0.3, -0.25) is 14.7 Å². The molecule has 0 spiro atoms. The van der Waals surface area contributed by atoms with Crippen molar-refractivity contribution >= 4 is 5.91 Å².